The van der Waals surface area contributed by atoms with E-state index in [2.05, 4.69) is 6.08 Å². The molecule has 3 aromatic rings. The Morgan fingerprint density at radius 3 is 2.05 bits per heavy atom. The highest BCUT2D eigenvalue weighted by Crippen LogP contribution is 2.36. The quantitative estimate of drug-likeness (QED) is 0.183. The van der Waals surface area contributed by atoms with E-state index in [1.54, 1.807) is 25.1 Å². The van der Waals surface area contributed by atoms with Crippen molar-refractivity contribution in [1.29, 1.82) is 0 Å². The molecule has 1 aliphatic rings. The molecule has 0 N–H and O–H groups in total. The molecule has 4 rings (SSSR count). The molecule has 0 spiro atoms. The van der Waals surface area contributed by atoms with Crippen molar-refractivity contribution in [3.05, 3.63) is 89.8 Å². The molecule has 0 bridgehead atoms. The van der Waals surface area contributed by atoms with Gasteiger partial charge in [0.05, 0.1) is 0 Å². The zero-order valence-electron chi connectivity index (χ0n) is 22.4. The minimum Gasteiger partial charge on any atom is -0.487 e. The molecule has 0 aromatic heterocycles. The van der Waals surface area contributed by atoms with E-state index in [4.69, 9.17) is 4.74 Å². The van der Waals surface area contributed by atoms with E-state index in [0.29, 0.717) is 24.3 Å². The van der Waals surface area contributed by atoms with Gasteiger partial charge in [0, 0.05) is 11.1 Å². The maximum atomic E-state index is 14.9. The third-order valence-electron chi connectivity index (χ3n) is 7.71. The predicted molar refractivity (Wildman–Crippen MR) is 147 cm³/mol. The molecule has 208 valence electrons. The fraction of sp³-hybridized carbons (Fsp3) is 0.394. The van der Waals surface area contributed by atoms with Crippen LogP contribution in [0.25, 0.3) is 22.3 Å². The summed E-state index contributed by atoms with van der Waals surface area (Å²) in [4.78, 5) is 0. The molecule has 2 unspecified atom stereocenters. The average molecular weight is 543 g/mol. The Hall–Kier alpha value is -3.15. The molecule has 1 aliphatic carbocycles. The SMILES string of the molecule is CC=CCCC1CCC(C(F)C(F)COc2ccc(-c3ccc(-c4ccc(C)cc4F)cc3F)cc2F)CC1. The average Bonchev–Trinajstić information content (AvgIpc) is 2.92. The maximum Gasteiger partial charge on any atom is 0.165 e. The first kappa shape index (κ1) is 28.8. The van der Waals surface area contributed by atoms with E-state index in [1.165, 1.54) is 30.3 Å². The van der Waals surface area contributed by atoms with Crippen LogP contribution in [-0.2, 0) is 0 Å². The highest BCUT2D eigenvalue weighted by molar-refractivity contribution is 5.72. The molecule has 1 fully saturated rings. The molecule has 3 aromatic carbocycles. The largest absolute Gasteiger partial charge is 0.487 e. The van der Waals surface area contributed by atoms with Gasteiger partial charge >= 0.3 is 0 Å². The van der Waals surface area contributed by atoms with Crippen LogP contribution in [0.1, 0.15) is 51.0 Å². The normalized spacial score (nSPS) is 19.3. The van der Waals surface area contributed by atoms with Gasteiger partial charge in [-0.05, 0) is 92.3 Å². The van der Waals surface area contributed by atoms with Crippen LogP contribution >= 0.6 is 0 Å². The van der Waals surface area contributed by atoms with Crippen molar-refractivity contribution < 1.29 is 26.7 Å². The van der Waals surface area contributed by atoms with Crippen LogP contribution in [0.5, 0.6) is 5.75 Å². The molecular weight excluding hydrogens is 507 g/mol. The molecule has 6 heteroatoms. The van der Waals surface area contributed by atoms with Crippen molar-refractivity contribution in [2.75, 3.05) is 6.61 Å². The van der Waals surface area contributed by atoms with Gasteiger partial charge < -0.3 is 4.74 Å². The highest BCUT2D eigenvalue weighted by atomic mass is 19.2. The number of rotatable bonds is 10. The molecule has 0 saturated heterocycles. The zero-order chi connectivity index (χ0) is 27.9. The summed E-state index contributed by atoms with van der Waals surface area (Å²) in [6.45, 7) is 3.16. The van der Waals surface area contributed by atoms with Crippen LogP contribution in [0.15, 0.2) is 66.7 Å². The lowest BCUT2D eigenvalue weighted by molar-refractivity contribution is 0.0483. The lowest BCUT2D eigenvalue weighted by Crippen LogP contribution is -2.33. The lowest BCUT2D eigenvalue weighted by Gasteiger charge is -2.31. The molecule has 2 atom stereocenters. The molecule has 0 amide bonds. The van der Waals surface area contributed by atoms with Crippen molar-refractivity contribution in [3.63, 3.8) is 0 Å². The van der Waals surface area contributed by atoms with E-state index < -0.39 is 36.4 Å². The number of halogens is 5. The first-order valence-corrected chi connectivity index (χ1v) is 13.6. The van der Waals surface area contributed by atoms with Crippen LogP contribution in [0.4, 0.5) is 22.0 Å². The monoisotopic (exact) mass is 542 g/mol. The van der Waals surface area contributed by atoms with E-state index in [9.17, 15) is 22.0 Å². The van der Waals surface area contributed by atoms with E-state index in [1.807, 2.05) is 13.0 Å². The smallest absolute Gasteiger partial charge is 0.165 e. The molecule has 1 saturated carbocycles. The van der Waals surface area contributed by atoms with Crippen molar-refractivity contribution in [3.8, 4) is 28.0 Å². The first-order chi connectivity index (χ1) is 18.8. The van der Waals surface area contributed by atoms with Gasteiger partial charge in [0.1, 0.15) is 24.4 Å². The van der Waals surface area contributed by atoms with Crippen molar-refractivity contribution in [2.45, 2.75) is 64.7 Å². The third kappa shape index (κ3) is 7.28. The fourth-order valence-corrected chi connectivity index (χ4v) is 5.41. The third-order valence-corrected chi connectivity index (χ3v) is 7.71. The molecular formula is C33H35F5O. The maximum absolute atomic E-state index is 14.9. The number of aryl methyl sites for hydroxylation is 1. The number of hydrogen-bond donors (Lipinski definition) is 0. The fourth-order valence-electron chi connectivity index (χ4n) is 5.41. The van der Waals surface area contributed by atoms with Gasteiger partial charge in [-0.25, -0.2) is 22.0 Å². The Bertz CT molecular complexity index is 1280. The Kier molecular flexibility index (Phi) is 9.82. The topological polar surface area (TPSA) is 9.23 Å². The number of benzene rings is 3. The molecule has 0 heterocycles. The highest BCUT2D eigenvalue weighted by Gasteiger charge is 2.33. The summed E-state index contributed by atoms with van der Waals surface area (Å²) < 4.78 is 78.7. The van der Waals surface area contributed by atoms with Crippen LogP contribution in [0, 0.1) is 36.2 Å². The second-order valence-electron chi connectivity index (χ2n) is 10.5. The molecule has 0 radical (unpaired) electrons. The van der Waals surface area contributed by atoms with Gasteiger partial charge in [0.25, 0.3) is 0 Å². The zero-order valence-corrected chi connectivity index (χ0v) is 22.4. The van der Waals surface area contributed by atoms with Gasteiger partial charge in [-0.2, -0.15) is 0 Å². The van der Waals surface area contributed by atoms with Gasteiger partial charge in [-0.15, -0.1) is 0 Å². The predicted octanol–water partition coefficient (Wildman–Crippen LogP) is 9.96. The van der Waals surface area contributed by atoms with Crippen LogP contribution < -0.4 is 4.74 Å². The Morgan fingerprint density at radius 1 is 0.821 bits per heavy atom. The number of allylic oxidation sites excluding steroid dienone is 2. The summed E-state index contributed by atoms with van der Waals surface area (Å²) in [6, 6.07) is 12.8. The van der Waals surface area contributed by atoms with E-state index >= 15 is 0 Å². The summed E-state index contributed by atoms with van der Waals surface area (Å²) in [5.74, 6) is -1.92. The minimum atomic E-state index is -1.86. The summed E-state index contributed by atoms with van der Waals surface area (Å²) in [6.07, 6.45) is 5.80. The number of ether oxygens (including phenoxy) is 1. The lowest BCUT2D eigenvalue weighted by atomic mass is 9.77. The number of hydrogen-bond acceptors (Lipinski definition) is 1. The summed E-state index contributed by atoms with van der Waals surface area (Å²) in [7, 11) is 0. The molecule has 1 nitrogen and oxygen atoms in total. The van der Waals surface area contributed by atoms with Gasteiger partial charge in [0.2, 0.25) is 0 Å². The summed E-state index contributed by atoms with van der Waals surface area (Å²) >= 11 is 0. The van der Waals surface area contributed by atoms with E-state index in [0.717, 1.165) is 37.3 Å². The van der Waals surface area contributed by atoms with Crippen molar-refractivity contribution >= 4 is 0 Å². The molecule has 0 aliphatic heterocycles. The standard InChI is InChI=1S/C33H35F5O/c1-3-4-5-6-22-8-10-23(11-9-22)33(38)31(37)20-39-32-16-13-25(19-30(32)36)27-15-12-24(18-29(27)35)26-14-7-21(2)17-28(26)34/h3-4,7,12-19,22-23,31,33H,5-6,8-11,20H2,1-2H3. The summed E-state index contributed by atoms with van der Waals surface area (Å²) in [5, 5.41) is 0. The molecule has 39 heavy (non-hydrogen) atoms. The number of alkyl halides is 2. The van der Waals surface area contributed by atoms with Crippen molar-refractivity contribution in [2.24, 2.45) is 11.8 Å². The Labute approximate surface area is 227 Å². The Balaban J connectivity index is 1.34. The minimum absolute atomic E-state index is 0.130. The Morgan fingerprint density at radius 2 is 1.44 bits per heavy atom. The van der Waals surface area contributed by atoms with Crippen LogP contribution in [0.3, 0.4) is 0 Å². The van der Waals surface area contributed by atoms with E-state index in [-0.39, 0.29) is 28.4 Å². The second-order valence-corrected chi connectivity index (χ2v) is 10.5. The van der Waals surface area contributed by atoms with Crippen LogP contribution in [0.2, 0.25) is 0 Å². The van der Waals surface area contributed by atoms with Crippen molar-refractivity contribution in [1.82, 2.24) is 0 Å². The van der Waals surface area contributed by atoms with Gasteiger partial charge in [-0.3, -0.25) is 0 Å². The second kappa shape index (κ2) is 13.3. The summed E-state index contributed by atoms with van der Waals surface area (Å²) in [5.41, 5.74) is 1.77. The first-order valence-electron chi connectivity index (χ1n) is 13.6. The van der Waals surface area contributed by atoms with Crippen LogP contribution in [-0.4, -0.2) is 19.0 Å². The van der Waals surface area contributed by atoms with Gasteiger partial charge in [0.15, 0.2) is 17.7 Å². The van der Waals surface area contributed by atoms with Gasteiger partial charge in [-0.1, -0.05) is 55.3 Å².